The molecular formula is C22H30ClN3S. The first kappa shape index (κ1) is 20.5. The average molecular weight is 404 g/mol. The number of hydrogen-bond acceptors (Lipinski definition) is 4. The first-order valence-corrected chi connectivity index (χ1v) is 11.0. The molecule has 2 aliphatic rings. The number of rotatable bonds is 4. The molecule has 0 amide bonds. The van der Waals surface area contributed by atoms with E-state index in [0.29, 0.717) is 0 Å². The number of nitrogens with one attached hydrogen (secondary N) is 1. The van der Waals surface area contributed by atoms with E-state index in [9.17, 15) is 0 Å². The van der Waals surface area contributed by atoms with E-state index >= 15 is 0 Å². The van der Waals surface area contributed by atoms with Crippen LogP contribution in [0.25, 0.3) is 0 Å². The molecule has 0 saturated carbocycles. The lowest BCUT2D eigenvalue weighted by Crippen LogP contribution is -2.29. The molecule has 2 aromatic rings. The predicted octanol–water partition coefficient (Wildman–Crippen LogP) is 5.34. The van der Waals surface area contributed by atoms with Crippen LogP contribution >= 0.6 is 23.4 Å². The molecule has 5 heteroatoms. The van der Waals surface area contributed by atoms with Crippen LogP contribution in [0.1, 0.15) is 43.5 Å². The fraction of sp³-hybridized carbons (Fsp3) is 0.500. The van der Waals surface area contributed by atoms with Crippen molar-refractivity contribution in [3.8, 4) is 0 Å². The Bertz CT molecular complexity index is 742. The summed E-state index contributed by atoms with van der Waals surface area (Å²) >= 11 is 8.37. The molecule has 0 spiro atoms. The van der Waals surface area contributed by atoms with Gasteiger partial charge in [-0.15, -0.1) is 11.8 Å². The summed E-state index contributed by atoms with van der Waals surface area (Å²) in [6, 6.07) is 8.65. The molecule has 3 nitrogen and oxygen atoms in total. The minimum Gasteiger partial charge on any atom is -0.370 e. The van der Waals surface area contributed by atoms with E-state index in [0.717, 1.165) is 55.5 Å². The number of thioether (sulfide) groups is 1. The number of benzene rings is 1. The van der Waals surface area contributed by atoms with Crippen LogP contribution in [0, 0.1) is 0 Å². The molecular weight excluding hydrogens is 374 g/mol. The molecule has 146 valence electrons. The molecule has 4 rings (SSSR count). The highest BCUT2D eigenvalue weighted by molar-refractivity contribution is 7.98. The van der Waals surface area contributed by atoms with Crippen molar-refractivity contribution in [2.45, 2.75) is 50.2 Å². The maximum atomic E-state index is 6.54. The fourth-order valence-corrected chi connectivity index (χ4v) is 5.27. The number of anilines is 1. The van der Waals surface area contributed by atoms with E-state index in [1.165, 1.54) is 41.0 Å². The molecule has 0 bridgehead atoms. The standard InChI is InChI=1S/C21H26ClN3S.CH4/c22-20-7-4-16-8-10-23-11-9-19(16)21(20)26-15-17-5-6-18(14-24-17)25-12-2-1-3-13-25;/h4-7,14,23H,1-3,8-13,15H2;1H4. The average Bonchev–Trinajstić information content (AvgIpc) is 2.94. The first-order valence-electron chi connectivity index (χ1n) is 9.65. The number of piperidine rings is 1. The van der Waals surface area contributed by atoms with Crippen molar-refractivity contribution >= 4 is 29.1 Å². The zero-order chi connectivity index (χ0) is 17.8. The van der Waals surface area contributed by atoms with E-state index in [1.807, 2.05) is 18.0 Å². The largest absolute Gasteiger partial charge is 0.370 e. The summed E-state index contributed by atoms with van der Waals surface area (Å²) in [5, 5.41) is 4.36. The van der Waals surface area contributed by atoms with Crippen LogP contribution < -0.4 is 10.2 Å². The highest BCUT2D eigenvalue weighted by atomic mass is 35.5. The van der Waals surface area contributed by atoms with Gasteiger partial charge in [-0.1, -0.05) is 25.1 Å². The van der Waals surface area contributed by atoms with Crippen molar-refractivity contribution in [3.05, 3.63) is 52.3 Å². The van der Waals surface area contributed by atoms with Gasteiger partial charge in [-0.05, 0) is 74.5 Å². The lowest BCUT2D eigenvalue weighted by molar-refractivity contribution is 0.577. The van der Waals surface area contributed by atoms with Gasteiger partial charge in [0.2, 0.25) is 0 Å². The summed E-state index contributed by atoms with van der Waals surface area (Å²) in [6.45, 7) is 4.41. The predicted molar refractivity (Wildman–Crippen MR) is 118 cm³/mol. The lowest BCUT2D eigenvalue weighted by Gasteiger charge is -2.28. The third-order valence-electron chi connectivity index (χ3n) is 5.33. The van der Waals surface area contributed by atoms with Crippen LogP contribution in [0.2, 0.25) is 5.02 Å². The smallest absolute Gasteiger partial charge is 0.0552 e. The zero-order valence-corrected chi connectivity index (χ0v) is 16.7. The molecule has 0 atom stereocenters. The Hall–Kier alpha value is -1.23. The zero-order valence-electron chi connectivity index (χ0n) is 15.1. The number of hydrogen-bond donors (Lipinski definition) is 1. The highest BCUT2D eigenvalue weighted by Gasteiger charge is 2.16. The molecule has 0 unspecified atom stereocenters. The Labute approximate surface area is 172 Å². The molecule has 1 saturated heterocycles. The number of fused-ring (bicyclic) bond motifs is 1. The highest BCUT2D eigenvalue weighted by Crippen LogP contribution is 2.36. The van der Waals surface area contributed by atoms with Crippen LogP contribution in [-0.4, -0.2) is 31.2 Å². The van der Waals surface area contributed by atoms with E-state index < -0.39 is 0 Å². The quantitative estimate of drug-likeness (QED) is 0.697. The van der Waals surface area contributed by atoms with Gasteiger partial charge in [0, 0.05) is 23.7 Å². The maximum absolute atomic E-state index is 6.54. The van der Waals surface area contributed by atoms with Crippen molar-refractivity contribution in [1.82, 2.24) is 10.3 Å². The van der Waals surface area contributed by atoms with Gasteiger partial charge < -0.3 is 10.2 Å². The number of nitrogens with zero attached hydrogens (tertiary/aromatic N) is 2. The topological polar surface area (TPSA) is 28.2 Å². The van der Waals surface area contributed by atoms with Gasteiger partial charge in [0.25, 0.3) is 0 Å². The summed E-state index contributed by atoms with van der Waals surface area (Å²) in [5.74, 6) is 0.865. The monoisotopic (exact) mass is 403 g/mol. The second-order valence-corrected chi connectivity index (χ2v) is 8.50. The van der Waals surface area contributed by atoms with Gasteiger partial charge >= 0.3 is 0 Å². The molecule has 1 aromatic heterocycles. The first-order chi connectivity index (χ1) is 12.8. The van der Waals surface area contributed by atoms with Gasteiger partial charge in [-0.2, -0.15) is 0 Å². The van der Waals surface area contributed by atoms with Crippen LogP contribution in [-0.2, 0) is 18.6 Å². The molecule has 2 aliphatic heterocycles. The van der Waals surface area contributed by atoms with Gasteiger partial charge in [-0.3, -0.25) is 4.98 Å². The van der Waals surface area contributed by atoms with Crippen LogP contribution in [0.3, 0.4) is 0 Å². The number of halogens is 1. The van der Waals surface area contributed by atoms with Crippen molar-refractivity contribution in [2.24, 2.45) is 0 Å². The van der Waals surface area contributed by atoms with Gasteiger partial charge in [-0.25, -0.2) is 0 Å². The normalized spacial score (nSPS) is 17.0. The van der Waals surface area contributed by atoms with E-state index in [1.54, 1.807) is 0 Å². The Morgan fingerprint density at radius 1 is 1.04 bits per heavy atom. The van der Waals surface area contributed by atoms with Crippen LogP contribution in [0.5, 0.6) is 0 Å². The molecule has 0 radical (unpaired) electrons. The van der Waals surface area contributed by atoms with Crippen LogP contribution in [0.15, 0.2) is 35.4 Å². The van der Waals surface area contributed by atoms with Gasteiger partial charge in [0.05, 0.1) is 22.6 Å². The molecule has 1 aromatic carbocycles. The molecule has 27 heavy (non-hydrogen) atoms. The van der Waals surface area contributed by atoms with E-state index in [4.69, 9.17) is 16.6 Å². The van der Waals surface area contributed by atoms with E-state index in [2.05, 4.69) is 34.5 Å². The molecule has 1 N–H and O–H groups in total. The molecule has 0 aliphatic carbocycles. The Kier molecular flexibility index (Phi) is 7.45. The van der Waals surface area contributed by atoms with Gasteiger partial charge in [0.1, 0.15) is 0 Å². The SMILES string of the molecule is C.Clc1ccc2c(c1SCc1ccc(N3CCCCC3)cn1)CCNCC2. The second-order valence-electron chi connectivity index (χ2n) is 7.11. The van der Waals surface area contributed by atoms with Crippen molar-refractivity contribution < 1.29 is 0 Å². The van der Waals surface area contributed by atoms with Crippen LogP contribution in [0.4, 0.5) is 5.69 Å². The van der Waals surface area contributed by atoms with Crippen molar-refractivity contribution in [1.29, 1.82) is 0 Å². The Morgan fingerprint density at radius 2 is 1.85 bits per heavy atom. The molecule has 1 fully saturated rings. The lowest BCUT2D eigenvalue weighted by atomic mass is 10.0. The second kappa shape index (κ2) is 9.81. The third kappa shape index (κ3) is 4.98. The minimum atomic E-state index is 0. The maximum Gasteiger partial charge on any atom is 0.0552 e. The fourth-order valence-electron chi connectivity index (χ4n) is 3.85. The summed E-state index contributed by atoms with van der Waals surface area (Å²) < 4.78 is 0. The summed E-state index contributed by atoms with van der Waals surface area (Å²) in [6.07, 6.45) is 8.13. The number of aromatic nitrogens is 1. The van der Waals surface area contributed by atoms with Gasteiger partial charge in [0.15, 0.2) is 0 Å². The summed E-state index contributed by atoms with van der Waals surface area (Å²) in [4.78, 5) is 8.41. The number of pyridine rings is 1. The summed E-state index contributed by atoms with van der Waals surface area (Å²) in [7, 11) is 0. The minimum absolute atomic E-state index is 0. The Morgan fingerprint density at radius 3 is 2.63 bits per heavy atom. The third-order valence-corrected chi connectivity index (χ3v) is 6.95. The van der Waals surface area contributed by atoms with Crippen molar-refractivity contribution in [3.63, 3.8) is 0 Å². The van der Waals surface area contributed by atoms with E-state index in [-0.39, 0.29) is 7.43 Å². The summed E-state index contributed by atoms with van der Waals surface area (Å²) in [5.41, 5.74) is 5.25. The Balaban J connectivity index is 0.00000210. The van der Waals surface area contributed by atoms with Crippen molar-refractivity contribution in [2.75, 3.05) is 31.1 Å². The molecule has 3 heterocycles.